The van der Waals surface area contributed by atoms with E-state index in [1.807, 2.05) is 0 Å². The summed E-state index contributed by atoms with van der Waals surface area (Å²) >= 11 is 6.15. The van der Waals surface area contributed by atoms with Gasteiger partial charge in [-0.15, -0.1) is 0 Å². The van der Waals surface area contributed by atoms with Gasteiger partial charge in [0, 0.05) is 34.8 Å². The summed E-state index contributed by atoms with van der Waals surface area (Å²) in [5.41, 5.74) is 0.589. The number of carbonyl (C=O) groups excluding carboxylic acids is 1. The Hall–Kier alpha value is -2.67. The van der Waals surface area contributed by atoms with E-state index in [9.17, 15) is 19.7 Å². The first-order valence-electron chi connectivity index (χ1n) is 6.75. The molecule has 0 amide bonds. The maximum Gasteiger partial charge on any atom is 0.312 e. The van der Waals surface area contributed by atoms with Crippen LogP contribution in [0.25, 0.3) is 0 Å². The SMILES string of the molecule is Cc1cc2c(c(=O)[nH]1)C(c1cc([N+](=O)[O-])ccc1Cl)CC(=O)O2. The summed E-state index contributed by atoms with van der Waals surface area (Å²) < 4.78 is 5.13. The van der Waals surface area contributed by atoms with Gasteiger partial charge < -0.3 is 9.72 Å². The van der Waals surface area contributed by atoms with Gasteiger partial charge in [0.25, 0.3) is 11.2 Å². The van der Waals surface area contributed by atoms with Crippen LogP contribution in [0.3, 0.4) is 0 Å². The minimum atomic E-state index is -0.692. The number of esters is 1. The second-order valence-electron chi connectivity index (χ2n) is 5.25. The Bertz CT molecular complexity index is 890. The highest BCUT2D eigenvalue weighted by atomic mass is 35.5. The van der Waals surface area contributed by atoms with Crippen LogP contribution in [0.4, 0.5) is 5.69 Å². The second kappa shape index (κ2) is 5.51. The van der Waals surface area contributed by atoms with Crippen molar-refractivity contribution in [2.24, 2.45) is 0 Å². The Morgan fingerprint density at radius 3 is 2.78 bits per heavy atom. The predicted molar refractivity (Wildman–Crippen MR) is 82.0 cm³/mol. The number of pyridine rings is 1. The molecule has 1 unspecified atom stereocenters. The number of nitro groups is 1. The standard InChI is InChI=1S/C15H11ClN2O5/c1-7-4-12-14(15(20)17-7)10(6-13(19)23-12)9-5-8(18(21)22)2-3-11(9)16/h2-5,10H,6H2,1H3,(H,17,20). The predicted octanol–water partition coefficient (Wildman–Crippen LogP) is 2.69. The summed E-state index contributed by atoms with van der Waals surface area (Å²) in [6.45, 7) is 1.67. The van der Waals surface area contributed by atoms with Crippen molar-refractivity contribution in [1.82, 2.24) is 4.98 Å². The topological polar surface area (TPSA) is 102 Å². The van der Waals surface area contributed by atoms with Gasteiger partial charge in [-0.1, -0.05) is 11.6 Å². The Kier molecular flexibility index (Phi) is 3.65. The fourth-order valence-electron chi connectivity index (χ4n) is 2.69. The lowest BCUT2D eigenvalue weighted by atomic mass is 9.86. The Labute approximate surface area is 135 Å². The molecular formula is C15H11ClN2O5. The van der Waals surface area contributed by atoms with Crippen molar-refractivity contribution in [3.63, 3.8) is 0 Å². The number of aromatic amines is 1. The molecule has 2 heterocycles. The average Bonchev–Trinajstić information content (AvgIpc) is 2.45. The summed E-state index contributed by atoms with van der Waals surface area (Å²) in [6, 6.07) is 5.49. The van der Waals surface area contributed by atoms with Crippen molar-refractivity contribution in [2.75, 3.05) is 0 Å². The van der Waals surface area contributed by atoms with Crippen molar-refractivity contribution in [2.45, 2.75) is 19.3 Å². The van der Waals surface area contributed by atoms with Gasteiger partial charge in [0.1, 0.15) is 5.75 Å². The van der Waals surface area contributed by atoms with Gasteiger partial charge in [0.15, 0.2) is 0 Å². The zero-order valence-electron chi connectivity index (χ0n) is 12.0. The van der Waals surface area contributed by atoms with Gasteiger partial charge in [0.05, 0.1) is 16.9 Å². The first-order valence-corrected chi connectivity index (χ1v) is 7.13. The van der Waals surface area contributed by atoms with Gasteiger partial charge in [-0.25, -0.2) is 0 Å². The molecule has 3 rings (SSSR count). The number of fused-ring (bicyclic) bond motifs is 1. The third-order valence-corrected chi connectivity index (χ3v) is 4.02. The number of H-pyrrole nitrogens is 1. The van der Waals surface area contributed by atoms with Crippen LogP contribution in [-0.2, 0) is 4.79 Å². The molecule has 1 aliphatic heterocycles. The van der Waals surface area contributed by atoms with E-state index in [2.05, 4.69) is 4.98 Å². The van der Waals surface area contributed by atoms with Crippen molar-refractivity contribution < 1.29 is 14.5 Å². The molecule has 7 nitrogen and oxygen atoms in total. The number of halogens is 1. The Balaban J connectivity index is 2.23. The molecule has 2 aromatic rings. The average molecular weight is 335 g/mol. The Morgan fingerprint density at radius 1 is 1.35 bits per heavy atom. The lowest BCUT2D eigenvalue weighted by Gasteiger charge is -2.24. The van der Waals surface area contributed by atoms with E-state index in [1.165, 1.54) is 18.2 Å². The number of aromatic nitrogens is 1. The number of hydrogen-bond donors (Lipinski definition) is 1. The van der Waals surface area contributed by atoms with Crippen LogP contribution in [0.1, 0.15) is 29.2 Å². The molecule has 8 heteroatoms. The van der Waals surface area contributed by atoms with Crippen LogP contribution in [0.5, 0.6) is 5.75 Å². The number of ether oxygens (including phenoxy) is 1. The molecule has 0 aliphatic carbocycles. The number of nitrogens with zero attached hydrogens (tertiary/aromatic N) is 1. The van der Waals surface area contributed by atoms with Crippen LogP contribution in [0.2, 0.25) is 5.02 Å². The molecule has 0 saturated heterocycles. The summed E-state index contributed by atoms with van der Waals surface area (Å²) in [6.07, 6.45) is -0.111. The third kappa shape index (κ3) is 2.70. The highest BCUT2D eigenvalue weighted by molar-refractivity contribution is 6.31. The highest BCUT2D eigenvalue weighted by Gasteiger charge is 2.33. The van der Waals surface area contributed by atoms with Gasteiger partial charge in [0.2, 0.25) is 0 Å². The number of non-ortho nitro benzene ring substituents is 1. The molecule has 0 saturated carbocycles. The van der Waals surface area contributed by atoms with Crippen LogP contribution in [0, 0.1) is 17.0 Å². The number of aryl methyl sites for hydroxylation is 1. The fourth-order valence-corrected chi connectivity index (χ4v) is 2.94. The van der Waals surface area contributed by atoms with E-state index in [-0.39, 0.29) is 28.4 Å². The molecule has 0 fully saturated rings. The summed E-state index contributed by atoms with van der Waals surface area (Å²) in [4.78, 5) is 37.2. The van der Waals surface area contributed by atoms with Gasteiger partial charge in [-0.3, -0.25) is 19.7 Å². The first-order chi connectivity index (χ1) is 10.9. The van der Waals surface area contributed by atoms with Gasteiger partial charge in [-0.05, 0) is 18.6 Å². The summed E-state index contributed by atoms with van der Waals surface area (Å²) in [7, 11) is 0. The fraction of sp³-hybridized carbons (Fsp3) is 0.200. The number of nitrogens with one attached hydrogen (secondary N) is 1. The third-order valence-electron chi connectivity index (χ3n) is 3.68. The summed E-state index contributed by atoms with van der Waals surface area (Å²) in [5.74, 6) is -1.05. The minimum Gasteiger partial charge on any atom is -0.426 e. The van der Waals surface area contributed by atoms with E-state index in [1.54, 1.807) is 13.0 Å². The van der Waals surface area contributed by atoms with E-state index in [4.69, 9.17) is 16.3 Å². The van der Waals surface area contributed by atoms with Gasteiger partial charge >= 0.3 is 5.97 Å². The molecular weight excluding hydrogens is 324 g/mol. The van der Waals surface area contributed by atoms with Crippen LogP contribution in [0.15, 0.2) is 29.1 Å². The van der Waals surface area contributed by atoms with E-state index in [0.717, 1.165) is 0 Å². The molecule has 118 valence electrons. The van der Waals surface area contributed by atoms with Crippen molar-refractivity contribution in [3.05, 3.63) is 66.6 Å². The van der Waals surface area contributed by atoms with Crippen LogP contribution in [-0.4, -0.2) is 15.9 Å². The van der Waals surface area contributed by atoms with E-state index < -0.39 is 22.4 Å². The normalized spacial score (nSPS) is 16.6. The highest BCUT2D eigenvalue weighted by Crippen LogP contribution is 2.40. The number of carbonyl (C=O) groups is 1. The van der Waals surface area contributed by atoms with Crippen LogP contribution >= 0.6 is 11.6 Å². The largest absolute Gasteiger partial charge is 0.426 e. The zero-order valence-corrected chi connectivity index (χ0v) is 12.7. The Morgan fingerprint density at radius 2 is 2.09 bits per heavy atom. The van der Waals surface area contributed by atoms with Crippen LogP contribution < -0.4 is 10.3 Å². The molecule has 1 aromatic heterocycles. The maximum absolute atomic E-state index is 12.3. The summed E-state index contributed by atoms with van der Waals surface area (Å²) in [5, 5.41) is 11.2. The molecule has 0 bridgehead atoms. The van der Waals surface area contributed by atoms with E-state index >= 15 is 0 Å². The number of nitro benzene ring substituents is 1. The van der Waals surface area contributed by atoms with Crippen molar-refractivity contribution >= 4 is 23.3 Å². The van der Waals surface area contributed by atoms with Gasteiger partial charge in [-0.2, -0.15) is 0 Å². The van der Waals surface area contributed by atoms with E-state index in [0.29, 0.717) is 11.3 Å². The minimum absolute atomic E-state index is 0.111. The molecule has 23 heavy (non-hydrogen) atoms. The molecule has 1 atom stereocenters. The molecule has 1 N–H and O–H groups in total. The van der Waals surface area contributed by atoms with Crippen molar-refractivity contribution in [1.29, 1.82) is 0 Å². The quantitative estimate of drug-likeness (QED) is 0.516. The first kappa shape index (κ1) is 15.2. The molecule has 0 spiro atoms. The number of rotatable bonds is 2. The molecule has 0 radical (unpaired) electrons. The van der Waals surface area contributed by atoms with Crippen molar-refractivity contribution in [3.8, 4) is 5.75 Å². The lowest BCUT2D eigenvalue weighted by Crippen LogP contribution is -2.28. The zero-order chi connectivity index (χ0) is 16.7. The molecule has 1 aromatic carbocycles. The molecule has 1 aliphatic rings. The lowest BCUT2D eigenvalue weighted by molar-refractivity contribution is -0.384. The second-order valence-corrected chi connectivity index (χ2v) is 5.66. The monoisotopic (exact) mass is 334 g/mol. The maximum atomic E-state index is 12.3. The smallest absolute Gasteiger partial charge is 0.312 e. The number of hydrogen-bond acceptors (Lipinski definition) is 5. The number of benzene rings is 1.